The molecule has 0 saturated carbocycles. The summed E-state index contributed by atoms with van der Waals surface area (Å²) in [4.78, 5) is 66.8. The fourth-order valence-corrected chi connectivity index (χ4v) is 6.75. The van der Waals surface area contributed by atoms with E-state index in [2.05, 4.69) is 0 Å². The molecule has 3 fully saturated rings. The average molecular weight is 857 g/mol. The van der Waals surface area contributed by atoms with E-state index >= 15 is 0 Å². The van der Waals surface area contributed by atoms with Crippen LogP contribution in [0, 0.1) is 0 Å². The molecule has 0 spiro atoms. The summed E-state index contributed by atoms with van der Waals surface area (Å²) in [5, 5.41) is 56.1. The molecule has 0 unspecified atom stereocenters. The third kappa shape index (κ3) is 11.7. The van der Waals surface area contributed by atoms with Crippen molar-refractivity contribution < 1.29 is 122 Å². The van der Waals surface area contributed by atoms with E-state index in [9.17, 15) is 49.5 Å². The monoisotopic (exact) mass is 856 g/mol. The van der Waals surface area contributed by atoms with Crippen molar-refractivity contribution in [2.75, 3.05) is 6.61 Å². The molecule has 0 aliphatic carbocycles. The molecule has 3 aliphatic rings. The number of hydrogen-bond donors (Lipinski definition) is 4. The minimum atomic E-state index is -2.28. The first kappa shape index (κ1) is 49.1. The maximum atomic E-state index is 14.0. The van der Waals surface area contributed by atoms with Gasteiger partial charge in [0.05, 0.1) is 41.5 Å². The third-order valence-corrected chi connectivity index (χ3v) is 9.74. The molecule has 324 valence electrons. The predicted molar refractivity (Wildman–Crippen MR) is 193 cm³/mol. The maximum absolute atomic E-state index is 14.0. The molecule has 5 rings (SSSR count). The number of carbonyl (C=O) groups is 5. The van der Waals surface area contributed by atoms with Crippen molar-refractivity contribution in [1.82, 2.24) is 0 Å². The van der Waals surface area contributed by atoms with Gasteiger partial charge in [-0.15, -0.1) is 0 Å². The first-order valence-corrected chi connectivity index (χ1v) is 19.0. The summed E-state index contributed by atoms with van der Waals surface area (Å²) in [5.41, 5.74) is -2.15. The summed E-state index contributed by atoms with van der Waals surface area (Å²) in [6, 6.07) is 15.2. The normalized spacial score (nSPS) is 31.1. The zero-order valence-electron chi connectivity index (χ0n) is 33.9. The quantitative estimate of drug-likeness (QED) is 0.0763. The summed E-state index contributed by atoms with van der Waals surface area (Å²) in [5.74, 6) is -6.14. The van der Waals surface area contributed by atoms with Gasteiger partial charge in [-0.05, 0) is 71.7 Å². The Kier molecular flexibility index (Phi) is 17.6. The Morgan fingerprint density at radius 1 is 0.750 bits per heavy atom. The molecule has 13 atom stereocenters. The summed E-state index contributed by atoms with van der Waals surface area (Å²) in [6.45, 7) is 6.51. The van der Waals surface area contributed by atoms with Gasteiger partial charge in [0.1, 0.15) is 42.7 Å². The molecule has 3 saturated heterocycles. The third-order valence-electron chi connectivity index (χ3n) is 9.74. The van der Waals surface area contributed by atoms with Gasteiger partial charge in [0.25, 0.3) is 0 Å². The molecule has 2 aromatic rings. The van der Waals surface area contributed by atoms with Crippen LogP contribution in [-0.2, 0) is 57.0 Å². The van der Waals surface area contributed by atoms with Gasteiger partial charge in [0.15, 0.2) is 30.9 Å². The standard InChI is InChI=1S/C40H50O19.Na/c1-19(2)52-36(48)29(58-38-28(43)27(42)26(41)21(5)54-38)30(37(49)53-20(3)4)59-39-31(57-35(47)23-14-10-7-11-15-23)32-40(50,17-16-24(55-32)33(44)45)25(56-39)18-51-34(46)22-12-8-6-9-13-22;/h6-15,19-21,24-32,38-39,41-43,50H,16-18H2,1-5H3,(H,44,45);/q;+1/p-1/t21-,24-,25+,26+,27+,28-,29+,30+,31+,32+,38-,39-,40-;/m0./s1. The van der Waals surface area contributed by atoms with Crippen molar-refractivity contribution in [2.45, 2.75) is 139 Å². The first-order valence-electron chi connectivity index (χ1n) is 19.0. The van der Waals surface area contributed by atoms with Crippen LogP contribution in [0.15, 0.2) is 60.7 Å². The van der Waals surface area contributed by atoms with Crippen LogP contribution in [0.4, 0.5) is 0 Å². The van der Waals surface area contributed by atoms with Crippen LogP contribution < -0.4 is 34.7 Å². The Hall–Kier alpha value is -3.57. The molecule has 3 heterocycles. The van der Waals surface area contributed by atoms with Gasteiger partial charge in [0, 0.05) is 0 Å². The summed E-state index contributed by atoms with van der Waals surface area (Å²) < 4.78 is 51.8. The van der Waals surface area contributed by atoms with E-state index in [1.165, 1.54) is 71.0 Å². The van der Waals surface area contributed by atoms with Gasteiger partial charge in [-0.2, -0.15) is 0 Å². The van der Waals surface area contributed by atoms with Crippen molar-refractivity contribution in [2.24, 2.45) is 0 Å². The smallest absolute Gasteiger partial charge is 0.547 e. The van der Waals surface area contributed by atoms with Crippen LogP contribution in [-0.4, -0.2) is 148 Å². The summed E-state index contributed by atoms with van der Waals surface area (Å²) >= 11 is 0. The van der Waals surface area contributed by atoms with Gasteiger partial charge in [0.2, 0.25) is 0 Å². The molecule has 0 amide bonds. The molecule has 20 heteroatoms. The molecule has 0 radical (unpaired) electrons. The van der Waals surface area contributed by atoms with Crippen LogP contribution in [0.1, 0.15) is 68.2 Å². The van der Waals surface area contributed by atoms with Gasteiger partial charge >= 0.3 is 53.4 Å². The van der Waals surface area contributed by atoms with E-state index in [1.807, 2.05) is 0 Å². The molecule has 0 bridgehead atoms. The first-order chi connectivity index (χ1) is 27.9. The Bertz CT molecular complexity index is 1760. The zero-order valence-corrected chi connectivity index (χ0v) is 35.9. The summed E-state index contributed by atoms with van der Waals surface area (Å²) in [6.07, 6.45) is -24.6. The van der Waals surface area contributed by atoms with Crippen LogP contribution in [0.5, 0.6) is 0 Å². The minimum Gasteiger partial charge on any atom is -0.547 e. The molecular weight excluding hydrogens is 807 g/mol. The number of fused-ring (bicyclic) bond motifs is 1. The van der Waals surface area contributed by atoms with E-state index in [4.69, 9.17) is 42.6 Å². The van der Waals surface area contributed by atoms with Crippen molar-refractivity contribution in [3.8, 4) is 0 Å². The van der Waals surface area contributed by atoms with Gasteiger partial charge < -0.3 is 73.0 Å². The molecular formula is C40H49NaO19. The second kappa shape index (κ2) is 21.5. The number of carbonyl (C=O) groups excluding carboxylic acids is 5. The van der Waals surface area contributed by atoms with E-state index in [1.54, 1.807) is 24.3 Å². The minimum absolute atomic E-state index is 0. The van der Waals surface area contributed by atoms with Crippen molar-refractivity contribution in [3.05, 3.63) is 71.8 Å². The van der Waals surface area contributed by atoms with Crippen molar-refractivity contribution >= 4 is 29.8 Å². The van der Waals surface area contributed by atoms with E-state index in [0.29, 0.717) is 0 Å². The van der Waals surface area contributed by atoms with Crippen LogP contribution in [0.3, 0.4) is 0 Å². The number of carboxylic acids is 1. The largest absolute Gasteiger partial charge is 1.00 e. The maximum Gasteiger partial charge on any atom is 1.00 e. The number of aliphatic hydroxyl groups is 4. The van der Waals surface area contributed by atoms with Crippen molar-refractivity contribution in [1.29, 1.82) is 0 Å². The zero-order chi connectivity index (χ0) is 43.2. The predicted octanol–water partition coefficient (Wildman–Crippen LogP) is -3.67. The number of aliphatic carboxylic acids is 1. The molecule has 2 aromatic carbocycles. The second-order valence-corrected chi connectivity index (χ2v) is 14.9. The van der Waals surface area contributed by atoms with E-state index in [0.717, 1.165) is 0 Å². The Morgan fingerprint density at radius 3 is 1.78 bits per heavy atom. The molecule has 60 heavy (non-hydrogen) atoms. The molecule has 4 N–H and O–H groups in total. The van der Waals surface area contributed by atoms with Crippen LogP contribution in [0.25, 0.3) is 0 Å². The SMILES string of the molecule is CC(C)OC(=O)[C@H](O[C@@H]1O[C@@H](C)[C@@H](O)[C@@H](O)[C@@H]1O)[C@@H](O[C@@H]1O[C@H](COC(=O)c2ccccc2)[C@@]2(O)CC[C@@H](C(=O)[O-])O[C@@H]2[C@H]1OC(=O)c1ccccc1)C(=O)OC(C)C.[Na+]. The van der Waals surface area contributed by atoms with Gasteiger partial charge in [-0.25, -0.2) is 19.2 Å². The fourth-order valence-electron chi connectivity index (χ4n) is 6.75. The van der Waals surface area contributed by atoms with Crippen LogP contribution in [0.2, 0.25) is 0 Å². The number of carboxylic acid groups (broad SMARTS) is 1. The molecule has 0 aromatic heterocycles. The van der Waals surface area contributed by atoms with Gasteiger partial charge in [-0.1, -0.05) is 36.4 Å². The number of aliphatic hydroxyl groups excluding tert-OH is 3. The number of rotatable bonds is 15. The van der Waals surface area contributed by atoms with Gasteiger partial charge in [-0.3, -0.25) is 0 Å². The van der Waals surface area contributed by atoms with E-state index < -0.39 is 128 Å². The Morgan fingerprint density at radius 2 is 1.27 bits per heavy atom. The Labute approximate surface area is 367 Å². The second-order valence-electron chi connectivity index (χ2n) is 14.9. The molecule has 3 aliphatic heterocycles. The topological polar surface area (TPSA) is 272 Å². The van der Waals surface area contributed by atoms with E-state index in [-0.39, 0.29) is 53.5 Å². The van der Waals surface area contributed by atoms with Crippen LogP contribution >= 0.6 is 0 Å². The number of esters is 4. The van der Waals surface area contributed by atoms with Crippen molar-refractivity contribution in [3.63, 3.8) is 0 Å². The number of hydrogen-bond acceptors (Lipinski definition) is 19. The number of benzene rings is 2. The molecule has 19 nitrogen and oxygen atoms in total. The average Bonchev–Trinajstić information content (AvgIpc) is 3.19. The fraction of sp³-hybridized carbons (Fsp3) is 0.575. The number of ether oxygens (including phenoxy) is 9. The summed E-state index contributed by atoms with van der Waals surface area (Å²) in [7, 11) is 0. The Balaban J connectivity index is 0.00000794.